The van der Waals surface area contributed by atoms with Gasteiger partial charge in [-0.15, -0.1) is 0 Å². The molecule has 1 saturated carbocycles. The van der Waals surface area contributed by atoms with Crippen LogP contribution in [0.5, 0.6) is 0 Å². The van der Waals surface area contributed by atoms with Crippen LogP contribution in [-0.2, 0) is 0 Å². The predicted molar refractivity (Wildman–Crippen MR) is 95.9 cm³/mol. The van der Waals surface area contributed by atoms with Gasteiger partial charge in [0.15, 0.2) is 0 Å². The minimum Gasteiger partial charge on any atom is -0.345 e. The summed E-state index contributed by atoms with van der Waals surface area (Å²) >= 11 is 0. The Bertz CT molecular complexity index is 635. The Morgan fingerprint density at radius 2 is 1.45 bits per heavy atom. The van der Waals surface area contributed by atoms with E-state index < -0.39 is 5.89 Å². The first-order chi connectivity index (χ1) is 10.9. The molecule has 116 valence electrons. The fourth-order valence-electron chi connectivity index (χ4n) is 3.24. The van der Waals surface area contributed by atoms with Crippen LogP contribution in [0.4, 0.5) is 11.4 Å². The van der Waals surface area contributed by atoms with E-state index in [0.717, 1.165) is 25.7 Å². The number of anilines is 2. The van der Waals surface area contributed by atoms with E-state index in [0.29, 0.717) is 5.41 Å². The molecule has 0 radical (unpaired) electrons. The molecule has 0 unspecified atom stereocenters. The molecule has 0 saturated heterocycles. The summed E-state index contributed by atoms with van der Waals surface area (Å²) in [6.45, 7) is 4.65. The van der Waals surface area contributed by atoms with Gasteiger partial charge in [0.2, 0.25) is 0 Å². The Labute approximate surface area is 136 Å². The van der Waals surface area contributed by atoms with Crippen molar-refractivity contribution in [3.05, 3.63) is 60.2 Å². The molecule has 0 N–H and O–H groups in total. The van der Waals surface area contributed by atoms with Gasteiger partial charge in [-0.2, -0.15) is 0 Å². The lowest BCUT2D eigenvalue weighted by Crippen LogP contribution is -2.20. The Kier molecular flexibility index (Phi) is 3.88. The molecule has 3 rings (SSSR count). The van der Waals surface area contributed by atoms with Crippen LogP contribution in [0, 0.1) is 5.41 Å². The summed E-state index contributed by atoms with van der Waals surface area (Å²) in [6.07, 6.45) is 4.21. The highest BCUT2D eigenvalue weighted by atomic mass is 15.1. The third-order valence-corrected chi connectivity index (χ3v) is 5.01. The molecule has 0 spiro atoms. The maximum absolute atomic E-state index is 8.87. The summed E-state index contributed by atoms with van der Waals surface area (Å²) in [7, 11) is 2.09. The Balaban J connectivity index is 1.77. The predicted octanol–water partition coefficient (Wildman–Crippen LogP) is 6.14. The van der Waals surface area contributed by atoms with Crippen molar-refractivity contribution in [2.45, 2.75) is 45.4 Å². The van der Waals surface area contributed by atoms with Crippen LogP contribution in [0.15, 0.2) is 54.6 Å². The standard InChI is InChI=1S/C21H27N/c1-21(2)15-13-18(14-16-21)17-9-11-20(12-10-17)22(3)19-7-5-4-6-8-19/h4-12,18H,13-16H2,1-3H3/i18D. The smallest absolute Gasteiger partial charge is 0.0408 e. The van der Waals surface area contributed by atoms with Crippen molar-refractivity contribution < 1.29 is 1.37 Å². The highest BCUT2D eigenvalue weighted by molar-refractivity contribution is 5.62. The molecule has 0 atom stereocenters. The summed E-state index contributed by atoms with van der Waals surface area (Å²) in [6, 6.07) is 19.0. The van der Waals surface area contributed by atoms with E-state index in [1.807, 2.05) is 6.07 Å². The second-order valence-electron chi connectivity index (χ2n) is 7.21. The number of nitrogens with zero attached hydrogens (tertiary/aromatic N) is 1. The van der Waals surface area contributed by atoms with Crippen LogP contribution in [0.3, 0.4) is 0 Å². The molecule has 22 heavy (non-hydrogen) atoms. The maximum atomic E-state index is 8.87. The zero-order chi connectivity index (χ0) is 16.5. The number of benzene rings is 2. The van der Waals surface area contributed by atoms with E-state index in [4.69, 9.17) is 1.37 Å². The first-order valence-electron chi connectivity index (χ1n) is 8.79. The third kappa shape index (κ3) is 3.35. The monoisotopic (exact) mass is 294 g/mol. The first-order valence-corrected chi connectivity index (χ1v) is 8.29. The second kappa shape index (κ2) is 6.16. The van der Waals surface area contributed by atoms with Crippen molar-refractivity contribution in [1.29, 1.82) is 0 Å². The van der Waals surface area contributed by atoms with E-state index in [9.17, 15) is 0 Å². The fourth-order valence-corrected chi connectivity index (χ4v) is 3.24. The zero-order valence-corrected chi connectivity index (χ0v) is 14.0. The lowest BCUT2D eigenvalue weighted by molar-refractivity contribution is 0.224. The topological polar surface area (TPSA) is 3.24 Å². The van der Waals surface area contributed by atoms with Crippen LogP contribution < -0.4 is 4.90 Å². The average Bonchev–Trinajstić information content (AvgIpc) is 2.58. The van der Waals surface area contributed by atoms with Crippen LogP contribution in [-0.4, -0.2) is 7.05 Å². The van der Waals surface area contributed by atoms with Gasteiger partial charge in [0.1, 0.15) is 0 Å². The lowest BCUT2D eigenvalue weighted by atomic mass is 9.71. The first kappa shape index (κ1) is 13.9. The van der Waals surface area contributed by atoms with Gasteiger partial charge in [0.05, 0.1) is 0 Å². The van der Waals surface area contributed by atoms with Gasteiger partial charge in [0, 0.05) is 19.8 Å². The second-order valence-corrected chi connectivity index (χ2v) is 7.21. The van der Waals surface area contributed by atoms with Gasteiger partial charge >= 0.3 is 0 Å². The van der Waals surface area contributed by atoms with Gasteiger partial charge in [0.25, 0.3) is 0 Å². The van der Waals surface area contributed by atoms with E-state index in [1.54, 1.807) is 0 Å². The van der Waals surface area contributed by atoms with Crippen molar-refractivity contribution in [3.63, 3.8) is 0 Å². The summed E-state index contributed by atoms with van der Waals surface area (Å²) in [5.41, 5.74) is 3.91. The number of rotatable bonds is 3. The molecule has 0 heterocycles. The Morgan fingerprint density at radius 3 is 2.05 bits per heavy atom. The number of hydrogen-bond acceptors (Lipinski definition) is 1. The minimum atomic E-state index is -0.403. The normalized spacial score (nSPS) is 20.2. The van der Waals surface area contributed by atoms with Crippen LogP contribution >= 0.6 is 0 Å². The highest BCUT2D eigenvalue weighted by Gasteiger charge is 2.27. The minimum absolute atomic E-state index is 0.401. The Morgan fingerprint density at radius 1 is 0.909 bits per heavy atom. The van der Waals surface area contributed by atoms with Crippen molar-refractivity contribution in [2.75, 3.05) is 11.9 Å². The van der Waals surface area contributed by atoms with E-state index >= 15 is 0 Å². The van der Waals surface area contributed by atoms with Crippen molar-refractivity contribution in [3.8, 4) is 0 Å². The zero-order valence-electron chi connectivity index (χ0n) is 15.0. The molecule has 1 aliphatic carbocycles. The van der Waals surface area contributed by atoms with Crippen LogP contribution in [0.1, 0.15) is 52.4 Å². The van der Waals surface area contributed by atoms with Crippen LogP contribution in [0.25, 0.3) is 0 Å². The van der Waals surface area contributed by atoms with Gasteiger partial charge < -0.3 is 4.90 Å². The summed E-state index contributed by atoms with van der Waals surface area (Å²) < 4.78 is 8.87. The van der Waals surface area contributed by atoms with E-state index in [-0.39, 0.29) is 0 Å². The highest BCUT2D eigenvalue weighted by Crippen LogP contribution is 2.42. The lowest BCUT2D eigenvalue weighted by Gasteiger charge is -2.34. The molecule has 2 aromatic carbocycles. The van der Waals surface area contributed by atoms with Gasteiger partial charge in [-0.3, -0.25) is 0 Å². The van der Waals surface area contributed by atoms with E-state index in [2.05, 4.69) is 74.3 Å². The molecule has 2 aromatic rings. The largest absolute Gasteiger partial charge is 0.345 e. The molecule has 1 aliphatic rings. The molecule has 0 bridgehead atoms. The SMILES string of the molecule is [2H]C1(c2ccc(N(C)c3ccccc3)cc2)CCC(C)(C)CC1. The molecular weight excluding hydrogens is 266 g/mol. The average molecular weight is 294 g/mol. The van der Waals surface area contributed by atoms with Gasteiger partial charge in [-0.25, -0.2) is 0 Å². The van der Waals surface area contributed by atoms with Gasteiger partial charge in [-0.1, -0.05) is 44.2 Å². The van der Waals surface area contributed by atoms with Crippen molar-refractivity contribution >= 4 is 11.4 Å². The molecule has 0 amide bonds. The quantitative estimate of drug-likeness (QED) is 0.657. The van der Waals surface area contributed by atoms with Crippen LogP contribution in [0.2, 0.25) is 0 Å². The van der Waals surface area contributed by atoms with Gasteiger partial charge in [-0.05, 0) is 66.8 Å². The van der Waals surface area contributed by atoms with E-state index in [1.165, 1.54) is 16.9 Å². The molecule has 1 fully saturated rings. The van der Waals surface area contributed by atoms with Crippen molar-refractivity contribution in [1.82, 2.24) is 0 Å². The van der Waals surface area contributed by atoms with Crippen molar-refractivity contribution in [2.24, 2.45) is 5.41 Å². The molecule has 0 aliphatic heterocycles. The fraction of sp³-hybridized carbons (Fsp3) is 0.429. The third-order valence-electron chi connectivity index (χ3n) is 5.01. The number of hydrogen-bond donors (Lipinski definition) is 0. The maximum Gasteiger partial charge on any atom is 0.0408 e. The Hall–Kier alpha value is -1.76. The summed E-state index contributed by atoms with van der Waals surface area (Å²) in [5.74, 6) is -0.403. The molecule has 1 heteroatoms. The number of para-hydroxylation sites is 1. The summed E-state index contributed by atoms with van der Waals surface area (Å²) in [5, 5.41) is 0. The molecule has 1 nitrogen and oxygen atoms in total. The molecular formula is C21H27N. The summed E-state index contributed by atoms with van der Waals surface area (Å²) in [4.78, 5) is 2.18. The molecule has 0 aromatic heterocycles.